The third kappa shape index (κ3) is 3.66. The molecule has 0 atom stereocenters. The Balaban J connectivity index is 2.10. The monoisotopic (exact) mass is 383 g/mol. The summed E-state index contributed by atoms with van der Waals surface area (Å²) in [5.74, 6) is -0.541. The topological polar surface area (TPSA) is 63.7 Å². The minimum absolute atomic E-state index is 0.182. The van der Waals surface area contributed by atoms with Crippen LogP contribution in [0.15, 0.2) is 71.6 Å². The van der Waals surface area contributed by atoms with Crippen LogP contribution in [0.25, 0.3) is 10.8 Å². The van der Waals surface area contributed by atoms with E-state index in [9.17, 15) is 13.2 Å². The first-order valence-corrected chi connectivity index (χ1v) is 10.2. The Morgan fingerprint density at radius 1 is 0.926 bits per heavy atom. The number of esters is 1. The zero-order valence-corrected chi connectivity index (χ0v) is 16.1. The number of carbonyl (C=O) groups is 1. The molecule has 0 aromatic heterocycles. The minimum Gasteiger partial charge on any atom is -0.462 e. The van der Waals surface area contributed by atoms with E-state index in [1.54, 1.807) is 56.3 Å². The van der Waals surface area contributed by atoms with E-state index in [1.807, 2.05) is 24.3 Å². The van der Waals surface area contributed by atoms with Gasteiger partial charge in [0.2, 0.25) is 0 Å². The second kappa shape index (κ2) is 7.80. The SMILES string of the molecule is CCOC(=O)c1ccccc1N(CC)S(=O)(=O)c1ccc2ccccc2c1. The van der Waals surface area contributed by atoms with Crippen molar-refractivity contribution in [2.24, 2.45) is 0 Å². The fourth-order valence-electron chi connectivity index (χ4n) is 3.00. The van der Waals surface area contributed by atoms with Crippen molar-refractivity contribution >= 4 is 32.5 Å². The summed E-state index contributed by atoms with van der Waals surface area (Å²) in [6.07, 6.45) is 0. The molecule has 0 amide bonds. The number of hydrogen-bond acceptors (Lipinski definition) is 4. The van der Waals surface area contributed by atoms with Crippen molar-refractivity contribution in [1.29, 1.82) is 0 Å². The van der Waals surface area contributed by atoms with E-state index >= 15 is 0 Å². The highest BCUT2D eigenvalue weighted by molar-refractivity contribution is 7.92. The largest absolute Gasteiger partial charge is 0.462 e. The van der Waals surface area contributed by atoms with Crippen LogP contribution in [0.4, 0.5) is 5.69 Å². The number of nitrogens with zero attached hydrogens (tertiary/aromatic N) is 1. The van der Waals surface area contributed by atoms with E-state index in [1.165, 1.54) is 4.31 Å². The summed E-state index contributed by atoms with van der Waals surface area (Å²) in [5, 5.41) is 1.81. The lowest BCUT2D eigenvalue weighted by Crippen LogP contribution is -2.32. The Hall–Kier alpha value is -2.86. The van der Waals surface area contributed by atoms with Crippen molar-refractivity contribution in [3.05, 3.63) is 72.3 Å². The smallest absolute Gasteiger partial charge is 0.340 e. The molecule has 0 aliphatic heterocycles. The molecule has 3 rings (SSSR count). The highest BCUT2D eigenvalue weighted by atomic mass is 32.2. The summed E-state index contributed by atoms with van der Waals surface area (Å²) in [7, 11) is -3.84. The van der Waals surface area contributed by atoms with E-state index in [2.05, 4.69) is 0 Å². The minimum atomic E-state index is -3.84. The number of carbonyl (C=O) groups excluding carboxylic acids is 1. The first kappa shape index (κ1) is 18.9. The van der Waals surface area contributed by atoms with Gasteiger partial charge in [0.05, 0.1) is 22.8 Å². The summed E-state index contributed by atoms with van der Waals surface area (Å²) in [4.78, 5) is 12.5. The molecule has 3 aromatic carbocycles. The second-order valence-corrected chi connectivity index (χ2v) is 7.78. The number of rotatable bonds is 6. The highest BCUT2D eigenvalue weighted by Crippen LogP contribution is 2.29. The van der Waals surface area contributed by atoms with Gasteiger partial charge in [-0.1, -0.05) is 42.5 Å². The van der Waals surface area contributed by atoms with E-state index in [-0.39, 0.29) is 23.6 Å². The van der Waals surface area contributed by atoms with Gasteiger partial charge in [0.15, 0.2) is 0 Å². The molecule has 27 heavy (non-hydrogen) atoms. The predicted octanol–water partition coefficient (Wildman–Crippen LogP) is 4.23. The van der Waals surface area contributed by atoms with Gasteiger partial charge in [-0.15, -0.1) is 0 Å². The molecule has 0 saturated carbocycles. The first-order valence-electron chi connectivity index (χ1n) is 8.76. The Morgan fingerprint density at radius 2 is 1.59 bits per heavy atom. The van der Waals surface area contributed by atoms with Crippen molar-refractivity contribution in [1.82, 2.24) is 0 Å². The van der Waals surface area contributed by atoms with Gasteiger partial charge in [0, 0.05) is 6.54 Å². The number of para-hydroxylation sites is 1. The van der Waals surface area contributed by atoms with E-state index < -0.39 is 16.0 Å². The van der Waals surface area contributed by atoms with Crippen molar-refractivity contribution in [3.8, 4) is 0 Å². The van der Waals surface area contributed by atoms with Crippen molar-refractivity contribution in [2.75, 3.05) is 17.5 Å². The number of hydrogen-bond donors (Lipinski definition) is 0. The van der Waals surface area contributed by atoms with Gasteiger partial charge in [-0.2, -0.15) is 0 Å². The third-order valence-corrected chi connectivity index (χ3v) is 6.15. The van der Waals surface area contributed by atoms with Gasteiger partial charge in [-0.25, -0.2) is 13.2 Å². The molecule has 140 valence electrons. The van der Waals surface area contributed by atoms with Gasteiger partial charge in [0.1, 0.15) is 0 Å². The molecule has 0 aliphatic rings. The van der Waals surface area contributed by atoms with Crippen LogP contribution in [-0.2, 0) is 14.8 Å². The number of ether oxygens (including phenoxy) is 1. The lowest BCUT2D eigenvalue weighted by Gasteiger charge is -2.25. The Kier molecular flexibility index (Phi) is 5.46. The van der Waals surface area contributed by atoms with Crippen LogP contribution in [0.2, 0.25) is 0 Å². The summed E-state index contributed by atoms with van der Waals surface area (Å²) in [5.41, 5.74) is 0.539. The average molecular weight is 383 g/mol. The van der Waals surface area contributed by atoms with Crippen LogP contribution in [0.1, 0.15) is 24.2 Å². The van der Waals surface area contributed by atoms with Crippen molar-refractivity contribution in [2.45, 2.75) is 18.7 Å². The van der Waals surface area contributed by atoms with Crippen LogP contribution in [-0.4, -0.2) is 27.5 Å². The Bertz CT molecular complexity index is 1080. The number of benzene rings is 3. The first-order chi connectivity index (χ1) is 13.0. The molecular weight excluding hydrogens is 362 g/mol. The average Bonchev–Trinajstić information content (AvgIpc) is 2.68. The molecule has 6 heteroatoms. The lowest BCUT2D eigenvalue weighted by molar-refractivity contribution is 0.0527. The van der Waals surface area contributed by atoms with Crippen LogP contribution in [0.5, 0.6) is 0 Å². The summed E-state index contributed by atoms with van der Waals surface area (Å²) < 4.78 is 32.9. The molecule has 5 nitrogen and oxygen atoms in total. The third-order valence-electron chi connectivity index (χ3n) is 4.26. The molecule has 0 radical (unpaired) electrons. The van der Waals surface area contributed by atoms with Gasteiger partial charge in [-0.05, 0) is 48.9 Å². The zero-order chi connectivity index (χ0) is 19.4. The summed E-state index contributed by atoms with van der Waals surface area (Å²) in [6, 6.07) is 19.2. The van der Waals surface area contributed by atoms with Crippen molar-refractivity contribution < 1.29 is 17.9 Å². The van der Waals surface area contributed by atoms with Crippen LogP contribution < -0.4 is 4.31 Å². The molecule has 0 unspecified atom stereocenters. The molecule has 0 aliphatic carbocycles. The lowest BCUT2D eigenvalue weighted by atomic mass is 10.1. The standard InChI is InChI=1S/C21H21NO4S/c1-3-22(20-12-8-7-11-19(20)21(23)26-4-2)27(24,25)18-14-13-16-9-5-6-10-17(16)15-18/h5-15H,3-4H2,1-2H3. The van der Waals surface area contributed by atoms with Crippen molar-refractivity contribution in [3.63, 3.8) is 0 Å². The summed E-state index contributed by atoms with van der Waals surface area (Å²) >= 11 is 0. The van der Waals surface area contributed by atoms with Crippen LogP contribution in [0, 0.1) is 0 Å². The normalized spacial score (nSPS) is 11.3. The Labute approximate surface area is 159 Å². The van der Waals surface area contributed by atoms with Crippen LogP contribution >= 0.6 is 0 Å². The fraction of sp³-hybridized carbons (Fsp3) is 0.190. The molecule has 0 N–H and O–H groups in total. The van der Waals surface area contributed by atoms with E-state index in [0.29, 0.717) is 5.69 Å². The maximum atomic E-state index is 13.3. The highest BCUT2D eigenvalue weighted by Gasteiger charge is 2.27. The fourth-order valence-corrected chi connectivity index (χ4v) is 4.53. The summed E-state index contributed by atoms with van der Waals surface area (Å²) in [6.45, 7) is 3.85. The zero-order valence-electron chi connectivity index (χ0n) is 15.3. The van der Waals surface area contributed by atoms with E-state index in [4.69, 9.17) is 4.74 Å². The molecule has 0 bridgehead atoms. The number of sulfonamides is 1. The predicted molar refractivity (Wildman–Crippen MR) is 107 cm³/mol. The van der Waals surface area contributed by atoms with Gasteiger partial charge in [-0.3, -0.25) is 4.31 Å². The second-order valence-electron chi connectivity index (χ2n) is 5.92. The molecular formula is C21H21NO4S. The number of fused-ring (bicyclic) bond motifs is 1. The maximum absolute atomic E-state index is 13.3. The quantitative estimate of drug-likeness (QED) is 0.598. The molecule has 0 spiro atoms. The van der Waals surface area contributed by atoms with Gasteiger partial charge in [0.25, 0.3) is 10.0 Å². The van der Waals surface area contributed by atoms with Gasteiger partial charge < -0.3 is 4.74 Å². The molecule has 0 heterocycles. The van der Waals surface area contributed by atoms with Crippen LogP contribution in [0.3, 0.4) is 0 Å². The van der Waals surface area contributed by atoms with E-state index in [0.717, 1.165) is 10.8 Å². The van der Waals surface area contributed by atoms with Gasteiger partial charge >= 0.3 is 5.97 Å². The molecule has 3 aromatic rings. The maximum Gasteiger partial charge on any atom is 0.340 e. The number of anilines is 1. The molecule has 0 fully saturated rings. The molecule has 0 saturated heterocycles. The Morgan fingerprint density at radius 3 is 2.30 bits per heavy atom.